The number of ether oxygens (including phenoxy) is 3. The van der Waals surface area contributed by atoms with E-state index in [1.165, 1.54) is 15.7 Å². The van der Waals surface area contributed by atoms with Crippen LogP contribution in [0, 0.1) is 17.8 Å². The molecule has 1 N–H and O–H groups in total. The maximum absolute atomic E-state index is 12.9. The number of hydrogen-bond acceptors (Lipinski definition) is 6. The summed E-state index contributed by atoms with van der Waals surface area (Å²) in [5.74, 6) is 1.64. The number of anilines is 1. The largest absolute Gasteiger partial charge is 0.494 e. The molecule has 11 heteroatoms. The van der Waals surface area contributed by atoms with Crippen molar-refractivity contribution in [2.24, 2.45) is 17.8 Å². The Morgan fingerprint density at radius 3 is 2.17 bits per heavy atom. The van der Waals surface area contributed by atoms with Gasteiger partial charge in [0.25, 0.3) is 0 Å². The zero-order chi connectivity index (χ0) is 29.5. The fourth-order valence-electron chi connectivity index (χ4n) is 5.76. The lowest BCUT2D eigenvalue weighted by Crippen LogP contribution is -2.33. The molecular formula is C29H40F3N3O5. The van der Waals surface area contributed by atoms with Gasteiger partial charge in [-0.2, -0.15) is 13.2 Å². The summed E-state index contributed by atoms with van der Waals surface area (Å²) in [5, 5.41) is 3.32. The van der Waals surface area contributed by atoms with Crippen molar-refractivity contribution in [2.75, 3.05) is 31.6 Å². The molecule has 2 heterocycles. The van der Waals surface area contributed by atoms with Crippen LogP contribution in [0.1, 0.15) is 60.8 Å². The van der Waals surface area contributed by atoms with Crippen LogP contribution in [-0.2, 0) is 9.47 Å². The fourth-order valence-corrected chi connectivity index (χ4v) is 5.76. The SMILES string of the molecule is CC(C)(C)OC(=O)Nc1cn(C(=O)OC(C)(C)C)c2ccc(OCC[C@@H]3C[C@@H]4CN(CC(F)(F)F)C[C@@H]4C3)cc12. The monoisotopic (exact) mass is 567 g/mol. The lowest BCUT2D eigenvalue weighted by atomic mass is 10.0. The van der Waals surface area contributed by atoms with Gasteiger partial charge in [-0.15, -0.1) is 0 Å². The second kappa shape index (κ2) is 11.1. The Kier molecular flexibility index (Phi) is 8.36. The molecule has 2 aliphatic rings. The van der Waals surface area contributed by atoms with Crippen LogP contribution in [0.4, 0.5) is 28.4 Å². The normalized spacial score (nSPS) is 21.9. The maximum Gasteiger partial charge on any atom is 0.419 e. The minimum atomic E-state index is -4.15. The molecule has 8 nitrogen and oxygen atoms in total. The number of nitrogens with zero attached hydrogens (tertiary/aromatic N) is 2. The van der Waals surface area contributed by atoms with Crippen LogP contribution >= 0.6 is 0 Å². The Balaban J connectivity index is 1.41. The maximum atomic E-state index is 12.9. The van der Waals surface area contributed by atoms with E-state index in [2.05, 4.69) is 5.32 Å². The van der Waals surface area contributed by atoms with Gasteiger partial charge < -0.3 is 14.2 Å². The molecular weight excluding hydrogens is 527 g/mol. The van der Waals surface area contributed by atoms with E-state index in [-0.39, 0.29) is 0 Å². The van der Waals surface area contributed by atoms with E-state index in [4.69, 9.17) is 14.2 Å². The van der Waals surface area contributed by atoms with Gasteiger partial charge >= 0.3 is 18.4 Å². The van der Waals surface area contributed by atoms with Gasteiger partial charge in [0.1, 0.15) is 17.0 Å². The van der Waals surface area contributed by atoms with E-state index in [9.17, 15) is 22.8 Å². The molecule has 4 rings (SSSR count). The first-order chi connectivity index (χ1) is 18.5. The first kappa shape index (κ1) is 30.0. The lowest BCUT2D eigenvalue weighted by Gasteiger charge is -2.20. The number of hydrogen-bond donors (Lipinski definition) is 1. The number of halogens is 3. The molecule has 2 fully saturated rings. The molecule has 222 valence electrons. The van der Waals surface area contributed by atoms with Crippen LogP contribution in [0.2, 0.25) is 0 Å². The Hall–Kier alpha value is -2.95. The highest BCUT2D eigenvalue weighted by molar-refractivity contribution is 6.03. The van der Waals surface area contributed by atoms with Crippen molar-refractivity contribution >= 4 is 28.8 Å². The van der Waals surface area contributed by atoms with Gasteiger partial charge in [-0.3, -0.25) is 14.8 Å². The van der Waals surface area contributed by atoms with Crippen LogP contribution in [0.25, 0.3) is 10.9 Å². The van der Waals surface area contributed by atoms with Crippen LogP contribution in [0.15, 0.2) is 24.4 Å². The highest BCUT2D eigenvalue weighted by Gasteiger charge is 2.43. The highest BCUT2D eigenvalue weighted by atomic mass is 19.4. The summed E-state index contributed by atoms with van der Waals surface area (Å²) in [5.41, 5.74) is -0.477. The minimum absolute atomic E-state index is 0.317. The first-order valence-corrected chi connectivity index (χ1v) is 13.8. The zero-order valence-electron chi connectivity index (χ0n) is 24.1. The van der Waals surface area contributed by atoms with Gasteiger partial charge in [0.15, 0.2) is 0 Å². The summed E-state index contributed by atoms with van der Waals surface area (Å²) in [4.78, 5) is 26.9. The number of alkyl halides is 3. The average Bonchev–Trinajstić information content (AvgIpc) is 3.41. The smallest absolute Gasteiger partial charge is 0.419 e. The molecule has 40 heavy (non-hydrogen) atoms. The van der Waals surface area contributed by atoms with Gasteiger partial charge in [-0.05, 0) is 96.8 Å². The number of likely N-dealkylation sites (tertiary alicyclic amines) is 1. The van der Waals surface area contributed by atoms with E-state index in [1.807, 2.05) is 0 Å². The topological polar surface area (TPSA) is 82.0 Å². The third kappa shape index (κ3) is 8.05. The predicted octanol–water partition coefficient (Wildman–Crippen LogP) is 7.06. The van der Waals surface area contributed by atoms with Gasteiger partial charge in [-0.25, -0.2) is 9.59 Å². The predicted molar refractivity (Wildman–Crippen MR) is 146 cm³/mol. The van der Waals surface area contributed by atoms with E-state index in [0.29, 0.717) is 59.8 Å². The third-order valence-electron chi connectivity index (χ3n) is 7.12. The number of nitrogens with one attached hydrogen (secondary N) is 1. The summed E-state index contributed by atoms with van der Waals surface area (Å²) < 4.78 is 56.5. The number of rotatable bonds is 6. The van der Waals surface area contributed by atoms with Crippen LogP contribution in [0.3, 0.4) is 0 Å². The van der Waals surface area contributed by atoms with Crippen molar-refractivity contribution in [3.05, 3.63) is 24.4 Å². The lowest BCUT2D eigenvalue weighted by molar-refractivity contribution is -0.144. The van der Waals surface area contributed by atoms with Crippen molar-refractivity contribution in [1.29, 1.82) is 0 Å². The average molecular weight is 568 g/mol. The van der Waals surface area contributed by atoms with Crippen molar-refractivity contribution in [1.82, 2.24) is 9.47 Å². The summed E-state index contributed by atoms with van der Waals surface area (Å²) >= 11 is 0. The van der Waals surface area contributed by atoms with E-state index >= 15 is 0 Å². The number of carbonyl (C=O) groups is 2. The number of aromatic nitrogens is 1. The van der Waals surface area contributed by atoms with Gasteiger partial charge in [0.05, 0.1) is 24.4 Å². The molecule has 2 aromatic rings. The number of fused-ring (bicyclic) bond motifs is 2. The molecule has 1 saturated carbocycles. The molecule has 1 saturated heterocycles. The molecule has 1 aromatic heterocycles. The number of carbonyl (C=O) groups excluding carboxylic acids is 2. The summed E-state index contributed by atoms with van der Waals surface area (Å²) in [6.07, 6.45) is -1.22. The van der Waals surface area contributed by atoms with Crippen LogP contribution in [0.5, 0.6) is 5.75 Å². The first-order valence-electron chi connectivity index (χ1n) is 13.8. The van der Waals surface area contributed by atoms with Crippen molar-refractivity contribution in [3.63, 3.8) is 0 Å². The molecule has 0 bridgehead atoms. The Labute approximate surface area is 233 Å². The highest BCUT2D eigenvalue weighted by Crippen LogP contribution is 2.43. The summed E-state index contributed by atoms with van der Waals surface area (Å²) in [6, 6.07) is 5.27. The van der Waals surface area contributed by atoms with Crippen molar-refractivity contribution in [2.45, 2.75) is 78.2 Å². The van der Waals surface area contributed by atoms with Crippen molar-refractivity contribution < 1.29 is 37.0 Å². The van der Waals surface area contributed by atoms with Crippen molar-refractivity contribution in [3.8, 4) is 5.75 Å². The molecule has 3 atom stereocenters. The molecule has 1 aliphatic carbocycles. The minimum Gasteiger partial charge on any atom is -0.494 e. The molecule has 1 amide bonds. The van der Waals surface area contributed by atoms with E-state index in [0.717, 1.165) is 19.3 Å². The molecule has 1 aromatic carbocycles. The number of benzene rings is 1. The quantitative estimate of drug-likeness (QED) is 0.403. The second-order valence-electron chi connectivity index (χ2n) is 13.0. The van der Waals surface area contributed by atoms with Crippen LogP contribution in [-0.4, -0.2) is 65.3 Å². The summed E-state index contributed by atoms with van der Waals surface area (Å²) in [7, 11) is 0. The molecule has 1 aliphatic heterocycles. The fraction of sp³-hybridized carbons (Fsp3) is 0.655. The van der Waals surface area contributed by atoms with Gasteiger partial charge in [-0.1, -0.05) is 0 Å². The van der Waals surface area contributed by atoms with E-state index < -0.39 is 36.1 Å². The Morgan fingerprint density at radius 2 is 1.60 bits per heavy atom. The molecule has 0 radical (unpaired) electrons. The Morgan fingerprint density at radius 1 is 0.975 bits per heavy atom. The van der Waals surface area contributed by atoms with Gasteiger partial charge in [0, 0.05) is 24.7 Å². The third-order valence-corrected chi connectivity index (χ3v) is 7.12. The summed E-state index contributed by atoms with van der Waals surface area (Å²) in [6.45, 7) is 11.3. The number of amides is 1. The standard InChI is InChI=1S/C29H40F3N3O5/c1-27(2,3)39-25(36)33-23-16-35(26(37)40-28(4,5)6)24-8-7-21(13-22(23)24)38-10-9-18-11-19-14-34(15-20(19)12-18)17-29(30,31)32/h7-8,13,16,18-20H,9-12,14-15,17H2,1-6H3,(H,33,36)/t18-,19-,20+. The molecule has 0 spiro atoms. The second-order valence-corrected chi connectivity index (χ2v) is 13.0. The van der Waals surface area contributed by atoms with E-state index in [1.54, 1.807) is 59.7 Å². The Bertz CT molecular complexity index is 1210. The zero-order valence-corrected chi connectivity index (χ0v) is 24.1. The molecule has 0 unspecified atom stereocenters. The van der Waals surface area contributed by atoms with Gasteiger partial charge in [0.2, 0.25) is 0 Å². The van der Waals surface area contributed by atoms with Crippen LogP contribution < -0.4 is 10.1 Å².